The highest BCUT2D eigenvalue weighted by Gasteiger charge is 2.05. The first-order chi connectivity index (χ1) is 8.67. The van der Waals surface area contributed by atoms with Gasteiger partial charge in [-0.1, -0.05) is 28.1 Å². The minimum atomic E-state index is 0.0626. The number of aromatic nitrogens is 3. The number of nitrogens with two attached hydrogens (primary N) is 1. The van der Waals surface area contributed by atoms with Gasteiger partial charge >= 0.3 is 12.0 Å². The molecule has 1 aromatic carbocycles. The van der Waals surface area contributed by atoms with Crippen LogP contribution in [0.4, 0.5) is 5.95 Å². The molecule has 2 N–H and O–H groups in total. The first-order valence-corrected chi connectivity index (χ1v) is 5.89. The molecule has 0 radical (unpaired) electrons. The van der Waals surface area contributed by atoms with E-state index < -0.39 is 0 Å². The van der Waals surface area contributed by atoms with Crippen molar-refractivity contribution in [3.63, 3.8) is 0 Å². The molecule has 0 amide bonds. The maximum Gasteiger partial charge on any atom is 0.324 e. The van der Waals surface area contributed by atoms with Crippen molar-refractivity contribution >= 4 is 21.9 Å². The van der Waals surface area contributed by atoms with Gasteiger partial charge in [-0.2, -0.15) is 9.97 Å². The third kappa shape index (κ3) is 3.30. The van der Waals surface area contributed by atoms with Crippen LogP contribution in [0.5, 0.6) is 12.0 Å². The maximum atomic E-state index is 5.50. The van der Waals surface area contributed by atoms with Crippen molar-refractivity contribution in [1.82, 2.24) is 15.0 Å². The lowest BCUT2D eigenvalue weighted by Crippen LogP contribution is -2.05. The molecular formula is C11H11BrN4O2. The highest BCUT2D eigenvalue weighted by molar-refractivity contribution is 9.10. The fourth-order valence-electron chi connectivity index (χ4n) is 1.24. The van der Waals surface area contributed by atoms with E-state index in [1.165, 1.54) is 7.11 Å². The minimum absolute atomic E-state index is 0.0626. The predicted octanol–water partition coefficient (Wildman–Crippen LogP) is 1.80. The Balaban J connectivity index is 2.05. The number of anilines is 1. The van der Waals surface area contributed by atoms with Crippen molar-refractivity contribution < 1.29 is 9.47 Å². The van der Waals surface area contributed by atoms with E-state index in [0.29, 0.717) is 6.61 Å². The SMILES string of the molecule is COc1nc(N)nc(OCc2ccc(Br)cc2)n1. The molecule has 1 heterocycles. The summed E-state index contributed by atoms with van der Waals surface area (Å²) in [5, 5.41) is 0. The van der Waals surface area contributed by atoms with Crippen LogP contribution in [0.2, 0.25) is 0 Å². The third-order valence-electron chi connectivity index (χ3n) is 2.08. The van der Waals surface area contributed by atoms with Gasteiger partial charge in [0, 0.05) is 4.47 Å². The zero-order valence-electron chi connectivity index (χ0n) is 9.63. The van der Waals surface area contributed by atoms with Crippen LogP contribution in [0.3, 0.4) is 0 Å². The summed E-state index contributed by atoms with van der Waals surface area (Å²) in [6.07, 6.45) is 0. The third-order valence-corrected chi connectivity index (χ3v) is 2.60. The summed E-state index contributed by atoms with van der Waals surface area (Å²) in [4.78, 5) is 11.6. The van der Waals surface area contributed by atoms with E-state index in [1.807, 2.05) is 24.3 Å². The van der Waals surface area contributed by atoms with Gasteiger partial charge in [-0.15, -0.1) is 4.98 Å². The molecule has 7 heteroatoms. The van der Waals surface area contributed by atoms with Crippen LogP contribution in [-0.4, -0.2) is 22.1 Å². The molecule has 0 aliphatic rings. The highest BCUT2D eigenvalue weighted by atomic mass is 79.9. The second kappa shape index (κ2) is 5.63. The molecule has 1 aromatic heterocycles. The zero-order chi connectivity index (χ0) is 13.0. The van der Waals surface area contributed by atoms with Gasteiger partial charge in [0.25, 0.3) is 0 Å². The second-order valence-electron chi connectivity index (χ2n) is 3.38. The van der Waals surface area contributed by atoms with Gasteiger partial charge in [0.05, 0.1) is 7.11 Å². The predicted molar refractivity (Wildman–Crippen MR) is 69.3 cm³/mol. The van der Waals surface area contributed by atoms with Crippen LogP contribution in [-0.2, 0) is 6.61 Å². The van der Waals surface area contributed by atoms with Crippen LogP contribution >= 0.6 is 15.9 Å². The Bertz CT molecular complexity index is 533. The van der Waals surface area contributed by atoms with Gasteiger partial charge in [-0.3, -0.25) is 0 Å². The number of methoxy groups -OCH3 is 1. The molecule has 0 aliphatic carbocycles. The lowest BCUT2D eigenvalue weighted by Gasteiger charge is -2.06. The Kier molecular flexibility index (Phi) is 3.93. The Morgan fingerprint density at radius 2 is 1.78 bits per heavy atom. The van der Waals surface area contributed by atoms with Gasteiger partial charge in [0.1, 0.15) is 6.61 Å². The number of rotatable bonds is 4. The number of nitrogens with zero attached hydrogens (tertiary/aromatic N) is 3. The number of ether oxygens (including phenoxy) is 2. The molecule has 0 spiro atoms. The molecule has 0 saturated carbocycles. The molecule has 0 bridgehead atoms. The normalized spacial score (nSPS) is 10.1. The van der Waals surface area contributed by atoms with Crippen LogP contribution in [0, 0.1) is 0 Å². The van der Waals surface area contributed by atoms with Crippen molar-refractivity contribution in [1.29, 1.82) is 0 Å². The van der Waals surface area contributed by atoms with Crippen molar-refractivity contribution in [2.45, 2.75) is 6.61 Å². The van der Waals surface area contributed by atoms with E-state index in [1.54, 1.807) is 0 Å². The van der Waals surface area contributed by atoms with E-state index in [-0.39, 0.29) is 18.0 Å². The van der Waals surface area contributed by atoms with Crippen LogP contribution in [0.1, 0.15) is 5.56 Å². The van der Waals surface area contributed by atoms with E-state index in [4.69, 9.17) is 15.2 Å². The fourth-order valence-corrected chi connectivity index (χ4v) is 1.50. The Morgan fingerprint density at radius 1 is 1.11 bits per heavy atom. The molecule has 2 rings (SSSR count). The van der Waals surface area contributed by atoms with Gasteiger partial charge in [0.2, 0.25) is 5.95 Å². The highest BCUT2D eigenvalue weighted by Crippen LogP contribution is 2.14. The van der Waals surface area contributed by atoms with Gasteiger partial charge in [0.15, 0.2) is 0 Å². The lowest BCUT2D eigenvalue weighted by atomic mass is 10.2. The van der Waals surface area contributed by atoms with E-state index >= 15 is 0 Å². The smallest absolute Gasteiger partial charge is 0.324 e. The molecule has 0 fully saturated rings. The quantitative estimate of drug-likeness (QED) is 0.927. The summed E-state index contributed by atoms with van der Waals surface area (Å²) in [6.45, 7) is 0.347. The standard InChI is InChI=1S/C11H11BrN4O2/c1-17-10-14-9(13)15-11(16-10)18-6-7-2-4-8(12)5-3-7/h2-5H,6H2,1H3,(H2,13,14,15,16). The summed E-state index contributed by atoms with van der Waals surface area (Å²) in [5.74, 6) is 0.0626. The average molecular weight is 311 g/mol. The minimum Gasteiger partial charge on any atom is -0.467 e. The molecule has 0 saturated heterocycles. The van der Waals surface area contributed by atoms with E-state index in [2.05, 4.69) is 30.9 Å². The summed E-state index contributed by atoms with van der Waals surface area (Å²) < 4.78 is 11.3. The summed E-state index contributed by atoms with van der Waals surface area (Å²) in [7, 11) is 1.45. The molecule has 18 heavy (non-hydrogen) atoms. The molecule has 0 atom stereocenters. The van der Waals surface area contributed by atoms with Gasteiger partial charge < -0.3 is 15.2 Å². The monoisotopic (exact) mass is 310 g/mol. The van der Waals surface area contributed by atoms with E-state index in [0.717, 1.165) is 10.0 Å². The molecule has 2 aromatic rings. The van der Waals surface area contributed by atoms with Crippen molar-refractivity contribution in [2.24, 2.45) is 0 Å². The molecule has 0 unspecified atom stereocenters. The van der Waals surface area contributed by atoms with Crippen LogP contribution in [0.25, 0.3) is 0 Å². The number of benzene rings is 1. The topological polar surface area (TPSA) is 83.2 Å². The van der Waals surface area contributed by atoms with Gasteiger partial charge in [-0.25, -0.2) is 0 Å². The van der Waals surface area contributed by atoms with Crippen molar-refractivity contribution in [3.05, 3.63) is 34.3 Å². The fraction of sp³-hybridized carbons (Fsp3) is 0.182. The molecule has 94 valence electrons. The second-order valence-corrected chi connectivity index (χ2v) is 4.29. The average Bonchev–Trinajstić information content (AvgIpc) is 2.37. The number of hydrogen-bond acceptors (Lipinski definition) is 6. The number of halogens is 1. The number of hydrogen-bond donors (Lipinski definition) is 1. The van der Waals surface area contributed by atoms with E-state index in [9.17, 15) is 0 Å². The van der Waals surface area contributed by atoms with Crippen LogP contribution < -0.4 is 15.2 Å². The van der Waals surface area contributed by atoms with Gasteiger partial charge in [-0.05, 0) is 17.7 Å². The zero-order valence-corrected chi connectivity index (χ0v) is 11.2. The molecular weight excluding hydrogens is 300 g/mol. The van der Waals surface area contributed by atoms with Crippen LogP contribution in [0.15, 0.2) is 28.7 Å². The molecule has 0 aliphatic heterocycles. The summed E-state index contributed by atoms with van der Waals surface area (Å²) in [6, 6.07) is 8.01. The van der Waals surface area contributed by atoms with Crippen molar-refractivity contribution in [2.75, 3.05) is 12.8 Å². The van der Waals surface area contributed by atoms with Crippen molar-refractivity contribution in [3.8, 4) is 12.0 Å². The lowest BCUT2D eigenvalue weighted by molar-refractivity contribution is 0.271. The number of nitrogen functional groups attached to an aromatic ring is 1. The largest absolute Gasteiger partial charge is 0.467 e. The Hall–Kier alpha value is -1.89. The Morgan fingerprint density at radius 3 is 2.44 bits per heavy atom. The first-order valence-electron chi connectivity index (χ1n) is 5.10. The summed E-state index contributed by atoms with van der Waals surface area (Å²) in [5.41, 5.74) is 6.49. The first kappa shape index (κ1) is 12.6. The molecule has 6 nitrogen and oxygen atoms in total. The summed E-state index contributed by atoms with van der Waals surface area (Å²) >= 11 is 3.36. The Labute approximate surface area is 112 Å². The maximum absolute atomic E-state index is 5.50.